The number of guanidine groups is 1. The normalized spacial score (nSPS) is 25.1. The average molecular weight is 512 g/mol. The van der Waals surface area contributed by atoms with E-state index in [0.29, 0.717) is 6.04 Å². The first-order valence-corrected chi connectivity index (χ1v) is 11.0. The zero-order chi connectivity index (χ0) is 19.4. The number of aliphatic imine (C=N–C) groups is 1. The molecule has 3 fully saturated rings. The summed E-state index contributed by atoms with van der Waals surface area (Å²) in [6.45, 7) is 9.26. The highest BCUT2D eigenvalue weighted by atomic mass is 127. The molecule has 1 aromatic carbocycles. The van der Waals surface area contributed by atoms with Crippen molar-refractivity contribution < 1.29 is 4.74 Å². The summed E-state index contributed by atoms with van der Waals surface area (Å²) in [4.78, 5) is 9.70. The summed E-state index contributed by atoms with van der Waals surface area (Å²) in [5.41, 5.74) is 3.12. The highest BCUT2D eigenvalue weighted by molar-refractivity contribution is 14.0. The molecule has 0 spiro atoms. The smallest absolute Gasteiger partial charge is 0.193 e. The topological polar surface area (TPSA) is 40.1 Å². The van der Waals surface area contributed by atoms with Crippen molar-refractivity contribution in [3.05, 3.63) is 35.4 Å². The van der Waals surface area contributed by atoms with Crippen molar-refractivity contribution in [3.63, 3.8) is 0 Å². The van der Waals surface area contributed by atoms with E-state index >= 15 is 0 Å². The van der Waals surface area contributed by atoms with Crippen LogP contribution in [0.2, 0.25) is 0 Å². The zero-order valence-electron chi connectivity index (χ0n) is 18.0. The van der Waals surface area contributed by atoms with E-state index in [0.717, 1.165) is 51.9 Å². The molecule has 0 amide bonds. The van der Waals surface area contributed by atoms with Crippen LogP contribution in [0.3, 0.4) is 0 Å². The van der Waals surface area contributed by atoms with Crippen LogP contribution >= 0.6 is 24.0 Å². The lowest BCUT2D eigenvalue weighted by molar-refractivity contribution is 0.0195. The van der Waals surface area contributed by atoms with Gasteiger partial charge in [-0.25, -0.2) is 0 Å². The van der Waals surface area contributed by atoms with Crippen molar-refractivity contribution in [2.75, 3.05) is 53.0 Å². The standard InChI is InChI=1S/C23H36N4O.HI/c1-19-6-5-7-20(16-19)23(9-3-4-10-23)18-25-22(24-2)27-11-8-21(17-27)26-12-14-28-15-13-26;/h5-7,16,21H,3-4,8-15,17-18H2,1-2H3,(H,24,25);1H. The molecule has 6 heteroatoms. The van der Waals surface area contributed by atoms with E-state index in [4.69, 9.17) is 4.74 Å². The minimum absolute atomic E-state index is 0. The molecule has 3 aliphatic rings. The number of nitrogens with one attached hydrogen (secondary N) is 1. The van der Waals surface area contributed by atoms with E-state index in [-0.39, 0.29) is 29.4 Å². The van der Waals surface area contributed by atoms with Gasteiger partial charge in [0.2, 0.25) is 0 Å². The van der Waals surface area contributed by atoms with Crippen molar-refractivity contribution in [2.24, 2.45) is 4.99 Å². The fourth-order valence-corrected chi connectivity index (χ4v) is 5.35. The number of hydrogen-bond donors (Lipinski definition) is 1. The molecule has 1 atom stereocenters. The molecule has 29 heavy (non-hydrogen) atoms. The van der Waals surface area contributed by atoms with E-state index in [9.17, 15) is 0 Å². The minimum Gasteiger partial charge on any atom is -0.379 e. The SMILES string of the molecule is CN=C(NCC1(c2cccc(C)c2)CCCC1)N1CCC(N2CCOCC2)C1.I. The first kappa shape index (κ1) is 22.8. The Morgan fingerprint density at radius 3 is 2.66 bits per heavy atom. The second-order valence-corrected chi connectivity index (χ2v) is 8.79. The predicted octanol–water partition coefficient (Wildman–Crippen LogP) is 3.41. The zero-order valence-corrected chi connectivity index (χ0v) is 20.4. The number of morpholine rings is 1. The van der Waals surface area contributed by atoms with Gasteiger partial charge in [-0.15, -0.1) is 24.0 Å². The third-order valence-corrected chi connectivity index (χ3v) is 7.01. The fraction of sp³-hybridized carbons (Fsp3) is 0.696. The molecule has 4 rings (SSSR count). The second kappa shape index (κ2) is 10.4. The lowest BCUT2D eigenvalue weighted by atomic mass is 9.78. The molecule has 2 aliphatic heterocycles. The Morgan fingerprint density at radius 2 is 1.97 bits per heavy atom. The maximum Gasteiger partial charge on any atom is 0.193 e. The van der Waals surface area contributed by atoms with E-state index in [1.54, 1.807) is 0 Å². The van der Waals surface area contributed by atoms with Crippen molar-refractivity contribution >= 4 is 29.9 Å². The highest BCUT2D eigenvalue weighted by Gasteiger charge is 2.37. The Hall–Kier alpha value is -0.860. The van der Waals surface area contributed by atoms with Crippen molar-refractivity contribution in [1.82, 2.24) is 15.1 Å². The van der Waals surface area contributed by atoms with Gasteiger partial charge in [0.05, 0.1) is 13.2 Å². The molecule has 2 saturated heterocycles. The summed E-state index contributed by atoms with van der Waals surface area (Å²) < 4.78 is 5.52. The fourth-order valence-electron chi connectivity index (χ4n) is 5.35. The molecule has 1 aliphatic carbocycles. The number of halogens is 1. The predicted molar refractivity (Wildman–Crippen MR) is 130 cm³/mol. The van der Waals surface area contributed by atoms with Gasteiger partial charge in [0.15, 0.2) is 5.96 Å². The highest BCUT2D eigenvalue weighted by Crippen LogP contribution is 2.41. The molecule has 1 saturated carbocycles. The summed E-state index contributed by atoms with van der Waals surface area (Å²) in [6, 6.07) is 9.77. The van der Waals surface area contributed by atoms with Crippen LogP contribution in [0, 0.1) is 6.92 Å². The van der Waals surface area contributed by atoms with E-state index < -0.39 is 0 Å². The number of likely N-dealkylation sites (tertiary alicyclic amines) is 1. The number of hydrogen-bond acceptors (Lipinski definition) is 3. The molecule has 162 valence electrons. The molecule has 0 bridgehead atoms. The van der Waals surface area contributed by atoms with Crippen LogP contribution in [0.5, 0.6) is 0 Å². The van der Waals surface area contributed by atoms with E-state index in [1.807, 2.05) is 7.05 Å². The quantitative estimate of drug-likeness (QED) is 0.382. The third-order valence-electron chi connectivity index (χ3n) is 7.01. The van der Waals surface area contributed by atoms with Gasteiger partial charge in [0.25, 0.3) is 0 Å². The Labute approximate surface area is 193 Å². The molecule has 0 aromatic heterocycles. The van der Waals surface area contributed by atoms with Gasteiger partial charge in [0.1, 0.15) is 0 Å². The van der Waals surface area contributed by atoms with Gasteiger partial charge in [-0.05, 0) is 31.7 Å². The maximum absolute atomic E-state index is 5.52. The van der Waals surface area contributed by atoms with Gasteiger partial charge in [0, 0.05) is 51.2 Å². The molecule has 1 unspecified atom stereocenters. The molecule has 2 heterocycles. The van der Waals surface area contributed by atoms with Gasteiger partial charge in [-0.3, -0.25) is 9.89 Å². The van der Waals surface area contributed by atoms with Gasteiger partial charge in [-0.1, -0.05) is 42.7 Å². The van der Waals surface area contributed by atoms with Gasteiger partial charge < -0.3 is 15.0 Å². The molecule has 0 radical (unpaired) electrons. The number of rotatable bonds is 4. The van der Waals surface area contributed by atoms with Crippen molar-refractivity contribution in [2.45, 2.75) is 50.5 Å². The van der Waals surface area contributed by atoms with Crippen LogP contribution in [0.15, 0.2) is 29.3 Å². The molecule has 1 N–H and O–H groups in total. The van der Waals surface area contributed by atoms with Crippen LogP contribution in [0.1, 0.15) is 43.2 Å². The molecular formula is C23H37IN4O. The Morgan fingerprint density at radius 1 is 1.21 bits per heavy atom. The lowest BCUT2D eigenvalue weighted by Gasteiger charge is -2.34. The number of nitrogens with zero attached hydrogens (tertiary/aromatic N) is 3. The van der Waals surface area contributed by atoms with Gasteiger partial charge >= 0.3 is 0 Å². The maximum atomic E-state index is 5.52. The summed E-state index contributed by atoms with van der Waals surface area (Å²) in [5, 5.41) is 3.77. The Balaban J connectivity index is 0.00000240. The second-order valence-electron chi connectivity index (χ2n) is 8.79. The van der Waals surface area contributed by atoms with Crippen LogP contribution < -0.4 is 5.32 Å². The lowest BCUT2D eigenvalue weighted by Crippen LogP contribution is -2.48. The van der Waals surface area contributed by atoms with Crippen LogP contribution in [0.4, 0.5) is 0 Å². The molecule has 1 aromatic rings. The monoisotopic (exact) mass is 512 g/mol. The Kier molecular flexibility index (Phi) is 8.22. The Bertz CT molecular complexity index is 683. The summed E-state index contributed by atoms with van der Waals surface area (Å²) in [7, 11) is 1.93. The summed E-state index contributed by atoms with van der Waals surface area (Å²) >= 11 is 0. The number of benzene rings is 1. The minimum atomic E-state index is 0. The largest absolute Gasteiger partial charge is 0.379 e. The number of aryl methyl sites for hydroxylation is 1. The first-order valence-electron chi connectivity index (χ1n) is 11.0. The van der Waals surface area contributed by atoms with Crippen LogP contribution in [0.25, 0.3) is 0 Å². The van der Waals surface area contributed by atoms with Crippen molar-refractivity contribution in [3.8, 4) is 0 Å². The molecular weight excluding hydrogens is 475 g/mol. The molecule has 5 nitrogen and oxygen atoms in total. The first-order chi connectivity index (χ1) is 13.7. The summed E-state index contributed by atoms with van der Waals surface area (Å²) in [5.74, 6) is 1.08. The van der Waals surface area contributed by atoms with Crippen LogP contribution in [-0.2, 0) is 10.2 Å². The van der Waals surface area contributed by atoms with E-state index in [1.165, 1.54) is 43.2 Å². The van der Waals surface area contributed by atoms with Gasteiger partial charge in [-0.2, -0.15) is 0 Å². The number of ether oxygens (including phenoxy) is 1. The summed E-state index contributed by atoms with van der Waals surface area (Å²) in [6.07, 6.45) is 6.44. The van der Waals surface area contributed by atoms with Crippen LogP contribution in [-0.4, -0.2) is 74.8 Å². The average Bonchev–Trinajstić information content (AvgIpc) is 3.40. The van der Waals surface area contributed by atoms with E-state index in [2.05, 4.69) is 51.3 Å². The van der Waals surface area contributed by atoms with Crippen molar-refractivity contribution in [1.29, 1.82) is 0 Å². The third kappa shape index (κ3) is 5.25.